The Morgan fingerprint density at radius 1 is 1.31 bits per heavy atom. The van der Waals surface area contributed by atoms with Gasteiger partial charge in [-0.25, -0.2) is 9.59 Å². The monoisotopic (exact) mass is 547 g/mol. The third-order valence-electron chi connectivity index (χ3n) is 5.35. The van der Waals surface area contributed by atoms with Gasteiger partial charge in [0.15, 0.2) is 5.65 Å². The summed E-state index contributed by atoms with van der Waals surface area (Å²) in [5.74, 6) is 0.888. The average molecular weight is 548 g/mol. The van der Waals surface area contributed by atoms with Gasteiger partial charge in [0.25, 0.3) is 0 Å². The first-order valence-electron chi connectivity index (χ1n) is 11.0. The second kappa shape index (κ2) is 9.33. The van der Waals surface area contributed by atoms with Crippen molar-refractivity contribution < 1.29 is 28.9 Å². The maximum absolute atomic E-state index is 12.3. The lowest BCUT2D eigenvalue weighted by Gasteiger charge is -2.45. The molecule has 0 atom stereocenters. The van der Waals surface area contributed by atoms with Crippen LogP contribution in [0.1, 0.15) is 40.5 Å². The molecule has 1 aliphatic rings. The van der Waals surface area contributed by atoms with Gasteiger partial charge in [-0.3, -0.25) is 9.88 Å². The van der Waals surface area contributed by atoms with Gasteiger partial charge in [-0.1, -0.05) is 0 Å². The number of fused-ring (bicyclic) bond motifs is 1. The molecule has 3 aromatic rings. The lowest BCUT2D eigenvalue weighted by atomic mass is 9.71. The van der Waals surface area contributed by atoms with Gasteiger partial charge in [-0.05, 0) is 74.5 Å². The first kappa shape index (κ1) is 24.7. The minimum absolute atomic E-state index is 0.0385. The van der Waals surface area contributed by atoms with E-state index in [1.165, 1.54) is 27.9 Å². The van der Waals surface area contributed by atoms with Crippen molar-refractivity contribution in [2.45, 2.75) is 51.7 Å². The molecule has 1 fully saturated rings. The van der Waals surface area contributed by atoms with E-state index in [0.717, 1.165) is 0 Å². The highest BCUT2D eigenvalue weighted by molar-refractivity contribution is 9.10. The maximum atomic E-state index is 12.3. The summed E-state index contributed by atoms with van der Waals surface area (Å²) in [6.45, 7) is 7.28. The molecule has 1 saturated carbocycles. The number of carbonyl (C=O) groups excluding carboxylic acids is 1. The summed E-state index contributed by atoms with van der Waals surface area (Å²) in [7, 11) is 0. The Labute approximate surface area is 210 Å². The van der Waals surface area contributed by atoms with E-state index in [9.17, 15) is 14.7 Å². The number of aromatic nitrogens is 4. The molecule has 1 N–H and O–H groups in total. The van der Waals surface area contributed by atoms with Crippen LogP contribution in [0.25, 0.3) is 5.65 Å². The van der Waals surface area contributed by atoms with Crippen molar-refractivity contribution in [3.05, 3.63) is 41.3 Å². The van der Waals surface area contributed by atoms with Crippen LogP contribution in [0, 0.1) is 5.92 Å². The fraction of sp³-hybridized carbons (Fsp3) is 0.435. The van der Waals surface area contributed by atoms with Crippen LogP contribution in [-0.2, 0) is 9.47 Å². The van der Waals surface area contributed by atoms with Gasteiger partial charge in [0, 0.05) is 18.8 Å². The summed E-state index contributed by atoms with van der Waals surface area (Å²) in [5, 5.41) is 14.3. The molecule has 3 heterocycles. The zero-order chi connectivity index (χ0) is 25.4. The second-order valence-corrected chi connectivity index (χ2v) is 10.5. The number of ether oxygens (including phenoxy) is 3. The number of halogens is 1. The molecule has 0 aromatic carbocycles. The fourth-order valence-electron chi connectivity index (χ4n) is 4.05. The molecule has 1 aliphatic carbocycles. The van der Waals surface area contributed by atoms with Crippen LogP contribution in [0.2, 0.25) is 0 Å². The molecule has 0 bridgehead atoms. The zero-order valence-corrected chi connectivity index (χ0v) is 21.4. The Kier molecular flexibility index (Phi) is 6.58. The molecule has 4 rings (SSSR count). The predicted molar refractivity (Wildman–Crippen MR) is 129 cm³/mol. The van der Waals surface area contributed by atoms with Gasteiger partial charge < -0.3 is 19.3 Å². The summed E-state index contributed by atoms with van der Waals surface area (Å²) in [6.07, 6.45) is 3.79. The van der Waals surface area contributed by atoms with Crippen molar-refractivity contribution in [1.29, 1.82) is 0 Å². The van der Waals surface area contributed by atoms with Crippen LogP contribution in [0.4, 0.5) is 15.4 Å². The highest BCUT2D eigenvalue weighted by Gasteiger charge is 2.46. The van der Waals surface area contributed by atoms with Crippen LogP contribution in [0.3, 0.4) is 0 Å². The van der Waals surface area contributed by atoms with E-state index in [1.807, 2.05) is 6.92 Å². The van der Waals surface area contributed by atoms with Crippen molar-refractivity contribution in [2.24, 2.45) is 5.92 Å². The molecule has 0 radical (unpaired) electrons. The number of carbonyl (C=O) groups is 2. The van der Waals surface area contributed by atoms with Gasteiger partial charge in [0.2, 0.25) is 5.88 Å². The number of nitrogens with zero attached hydrogens (tertiary/aromatic N) is 5. The topological polar surface area (TPSA) is 128 Å². The minimum Gasteiger partial charge on any atom is -0.465 e. The van der Waals surface area contributed by atoms with Crippen LogP contribution in [0.15, 0.2) is 41.3 Å². The molecule has 1 amide bonds. The van der Waals surface area contributed by atoms with E-state index in [1.54, 1.807) is 39.1 Å². The molecule has 0 saturated heterocycles. The van der Waals surface area contributed by atoms with Gasteiger partial charge in [0.05, 0.1) is 16.9 Å². The average Bonchev–Trinajstić information content (AvgIpc) is 3.10. The lowest BCUT2D eigenvalue weighted by Crippen LogP contribution is -2.50. The normalized spacial score (nSPS) is 19.6. The molecule has 11 nitrogen and oxygen atoms in total. The van der Waals surface area contributed by atoms with Crippen LogP contribution >= 0.6 is 15.9 Å². The molecular formula is C23H26BrN5O6. The lowest BCUT2D eigenvalue weighted by molar-refractivity contribution is -0.109. The highest BCUT2D eigenvalue weighted by Crippen LogP contribution is 2.42. The molecule has 0 aliphatic heterocycles. The predicted octanol–water partition coefficient (Wildman–Crippen LogP) is 5.28. The van der Waals surface area contributed by atoms with Crippen molar-refractivity contribution >= 4 is 39.6 Å². The van der Waals surface area contributed by atoms with Crippen LogP contribution < -0.4 is 9.64 Å². The van der Waals surface area contributed by atoms with Crippen molar-refractivity contribution in [2.75, 3.05) is 11.4 Å². The molecule has 3 aromatic heterocycles. The van der Waals surface area contributed by atoms with Crippen molar-refractivity contribution in [3.63, 3.8) is 0 Å². The SMILES string of the molecule is CC(C)(C)OC(=O)OC1(C)CC(CN(C(=O)O)c2cc(Oc3cccnc3)nc3c(Br)cnn23)C1. The minimum atomic E-state index is -1.15. The van der Waals surface area contributed by atoms with E-state index in [4.69, 9.17) is 14.2 Å². The third-order valence-corrected chi connectivity index (χ3v) is 5.91. The molecule has 0 unspecified atom stereocenters. The van der Waals surface area contributed by atoms with Gasteiger partial charge >= 0.3 is 12.2 Å². The standard InChI is InChI=1S/C23H26BrN5O6/c1-22(2,3)34-21(32)35-23(4)9-14(10-23)13-28(20(30)31)18-8-17(33-15-6-5-7-25-11-15)27-19-16(24)12-26-29(18)19/h5-8,11-12,14H,9-10,13H2,1-4H3,(H,30,31). The molecule has 35 heavy (non-hydrogen) atoms. The van der Waals surface area contributed by atoms with Gasteiger partial charge in [0.1, 0.15) is 22.8 Å². The molecule has 186 valence electrons. The van der Waals surface area contributed by atoms with Crippen molar-refractivity contribution in [3.8, 4) is 11.6 Å². The summed E-state index contributed by atoms with van der Waals surface area (Å²) < 4.78 is 18.6. The molecular weight excluding hydrogens is 522 g/mol. The molecule has 12 heteroatoms. The van der Waals surface area contributed by atoms with E-state index < -0.39 is 23.5 Å². The van der Waals surface area contributed by atoms with E-state index in [2.05, 4.69) is 31.0 Å². The first-order valence-corrected chi connectivity index (χ1v) is 11.8. The number of carboxylic acid groups (broad SMARTS) is 1. The number of amides is 1. The maximum Gasteiger partial charge on any atom is 0.509 e. The van der Waals surface area contributed by atoms with E-state index >= 15 is 0 Å². The van der Waals surface area contributed by atoms with E-state index in [-0.39, 0.29) is 24.2 Å². The number of hydrogen-bond donors (Lipinski definition) is 1. The number of hydrogen-bond acceptors (Lipinski definition) is 8. The van der Waals surface area contributed by atoms with Gasteiger partial charge in [-0.15, -0.1) is 0 Å². The Morgan fingerprint density at radius 3 is 2.69 bits per heavy atom. The smallest absolute Gasteiger partial charge is 0.465 e. The molecule has 0 spiro atoms. The second-order valence-electron chi connectivity index (χ2n) is 9.66. The third kappa shape index (κ3) is 5.81. The fourth-order valence-corrected chi connectivity index (χ4v) is 4.39. The summed E-state index contributed by atoms with van der Waals surface area (Å²) >= 11 is 3.40. The zero-order valence-electron chi connectivity index (χ0n) is 19.8. The Hall–Kier alpha value is -3.41. The number of rotatable bonds is 6. The van der Waals surface area contributed by atoms with Crippen molar-refractivity contribution in [1.82, 2.24) is 19.6 Å². The Bertz CT molecular complexity index is 1240. The van der Waals surface area contributed by atoms with E-state index in [0.29, 0.717) is 28.7 Å². The summed E-state index contributed by atoms with van der Waals surface area (Å²) in [6, 6.07) is 4.96. The van der Waals surface area contributed by atoms with Crippen LogP contribution in [0.5, 0.6) is 11.6 Å². The highest BCUT2D eigenvalue weighted by atomic mass is 79.9. The van der Waals surface area contributed by atoms with Gasteiger partial charge in [-0.2, -0.15) is 14.6 Å². The largest absolute Gasteiger partial charge is 0.509 e. The number of pyridine rings is 1. The summed E-state index contributed by atoms with van der Waals surface area (Å²) in [4.78, 5) is 34.0. The Balaban J connectivity index is 1.53. The quantitative estimate of drug-likeness (QED) is 0.409. The van der Waals surface area contributed by atoms with Crippen LogP contribution in [-0.4, -0.2) is 54.7 Å². The number of anilines is 1. The summed E-state index contributed by atoms with van der Waals surface area (Å²) in [5.41, 5.74) is -0.968. The first-order chi connectivity index (χ1) is 16.4. The Morgan fingerprint density at radius 2 is 2.06 bits per heavy atom.